The molecule has 7 aromatic carbocycles. The number of rotatable bonds is 2. The van der Waals surface area contributed by atoms with Gasteiger partial charge in [0.05, 0.1) is 45.3 Å². The average molecular weight is 671 g/mol. The summed E-state index contributed by atoms with van der Waals surface area (Å²) in [5.41, 5.74) is 7.93. The Balaban J connectivity index is 1.18. The van der Waals surface area contributed by atoms with E-state index < -0.39 is 0 Å². The first kappa shape index (κ1) is 27.5. The summed E-state index contributed by atoms with van der Waals surface area (Å²) in [6, 6.07) is 51.8. The Labute approximate surface area is 293 Å². The maximum Gasteiger partial charge on any atom is 0.0991 e. The van der Waals surface area contributed by atoms with Crippen molar-refractivity contribution in [3.63, 3.8) is 0 Å². The molecule has 0 spiro atoms. The van der Waals surface area contributed by atoms with Crippen LogP contribution in [0.2, 0.25) is 0 Å². The summed E-state index contributed by atoms with van der Waals surface area (Å²) in [7, 11) is 0. The Hall–Kier alpha value is -6.44. The monoisotopic (exact) mass is 670 g/mol. The number of para-hydroxylation sites is 1. The van der Waals surface area contributed by atoms with Gasteiger partial charge >= 0.3 is 0 Å². The van der Waals surface area contributed by atoms with Crippen LogP contribution in [-0.4, -0.2) is 9.13 Å². The van der Waals surface area contributed by atoms with Crippen LogP contribution in [0, 0.1) is 22.7 Å². The van der Waals surface area contributed by atoms with E-state index >= 15 is 0 Å². The van der Waals surface area contributed by atoms with Gasteiger partial charge in [-0.25, -0.2) is 0 Å². The number of aromatic nitrogens is 2. The molecule has 50 heavy (non-hydrogen) atoms. The second kappa shape index (κ2) is 10.0. The van der Waals surface area contributed by atoms with Crippen molar-refractivity contribution in [2.24, 2.45) is 0 Å². The smallest absolute Gasteiger partial charge is 0.0991 e. The molecule has 0 atom stereocenters. The quantitative estimate of drug-likeness (QED) is 0.184. The first-order valence-electron chi connectivity index (χ1n) is 16.4. The molecule has 11 aromatic rings. The molecule has 0 N–H and O–H groups in total. The zero-order chi connectivity index (χ0) is 33.1. The van der Waals surface area contributed by atoms with E-state index in [2.05, 4.69) is 130 Å². The number of fused-ring (bicyclic) bond motifs is 13. The Kier molecular flexibility index (Phi) is 5.52. The summed E-state index contributed by atoms with van der Waals surface area (Å²) in [5, 5.41) is 29.0. The summed E-state index contributed by atoms with van der Waals surface area (Å²) in [6.45, 7) is 0. The van der Waals surface area contributed by atoms with Gasteiger partial charge in [-0.3, -0.25) is 0 Å². The maximum absolute atomic E-state index is 9.88. The maximum atomic E-state index is 9.88. The predicted octanol–water partition coefficient (Wildman–Crippen LogP) is 12.4. The standard InChI is InChI=1S/C44H22N4S2/c45-23-25-9-14-37-32(19-25)29-5-1-3-7-36(29)47(37)27-11-17-41-33(21-27)34-22-28(12-18-42(34)49-41)48-38-15-10-26(24-46)20-35(38)43-39(48)16-13-31-30-6-2-4-8-40(30)50-44(31)43/h1-22H. The lowest BCUT2D eigenvalue weighted by molar-refractivity contribution is 1.18. The van der Waals surface area contributed by atoms with Gasteiger partial charge < -0.3 is 9.13 Å². The van der Waals surface area contributed by atoms with Crippen LogP contribution in [0.4, 0.5) is 0 Å². The molecule has 4 heterocycles. The van der Waals surface area contributed by atoms with E-state index in [1.807, 2.05) is 46.9 Å². The second-order valence-electron chi connectivity index (χ2n) is 12.8. The third-order valence-electron chi connectivity index (χ3n) is 10.2. The first-order valence-corrected chi connectivity index (χ1v) is 18.0. The van der Waals surface area contributed by atoms with E-state index in [4.69, 9.17) is 0 Å². The largest absolute Gasteiger partial charge is 0.309 e. The Morgan fingerprint density at radius 3 is 1.68 bits per heavy atom. The highest BCUT2D eigenvalue weighted by atomic mass is 32.1. The van der Waals surface area contributed by atoms with E-state index in [-0.39, 0.29) is 0 Å². The van der Waals surface area contributed by atoms with E-state index in [9.17, 15) is 10.5 Å². The third-order valence-corrected chi connectivity index (χ3v) is 12.5. The van der Waals surface area contributed by atoms with Crippen LogP contribution >= 0.6 is 22.7 Å². The molecule has 0 aliphatic rings. The molecule has 4 aromatic heterocycles. The van der Waals surface area contributed by atoms with Crippen LogP contribution in [-0.2, 0) is 0 Å². The Bertz CT molecular complexity index is 3360. The van der Waals surface area contributed by atoms with Crippen molar-refractivity contribution in [1.29, 1.82) is 10.5 Å². The van der Waals surface area contributed by atoms with E-state index in [0.717, 1.165) is 49.6 Å². The molecule has 6 heteroatoms. The van der Waals surface area contributed by atoms with Crippen LogP contribution in [0.3, 0.4) is 0 Å². The summed E-state index contributed by atoms with van der Waals surface area (Å²) in [6.07, 6.45) is 0. The van der Waals surface area contributed by atoms with Gasteiger partial charge in [-0.2, -0.15) is 10.5 Å². The average Bonchev–Trinajstić information content (AvgIpc) is 3.91. The number of hydrogen-bond donors (Lipinski definition) is 0. The van der Waals surface area contributed by atoms with E-state index in [0.29, 0.717) is 11.1 Å². The van der Waals surface area contributed by atoms with Gasteiger partial charge in [0, 0.05) is 73.3 Å². The van der Waals surface area contributed by atoms with Crippen molar-refractivity contribution < 1.29 is 0 Å². The highest BCUT2D eigenvalue weighted by molar-refractivity contribution is 7.27. The lowest BCUT2D eigenvalue weighted by atomic mass is 10.1. The highest BCUT2D eigenvalue weighted by Gasteiger charge is 2.19. The molecule has 0 aliphatic heterocycles. The van der Waals surface area contributed by atoms with E-state index in [1.165, 1.54) is 45.7 Å². The third kappa shape index (κ3) is 3.67. The van der Waals surface area contributed by atoms with Gasteiger partial charge in [0.15, 0.2) is 0 Å². The second-order valence-corrected chi connectivity index (χ2v) is 14.9. The van der Waals surface area contributed by atoms with Gasteiger partial charge in [0.1, 0.15) is 0 Å². The number of benzene rings is 7. The van der Waals surface area contributed by atoms with Gasteiger partial charge in [-0.15, -0.1) is 22.7 Å². The van der Waals surface area contributed by atoms with Crippen molar-refractivity contribution in [2.45, 2.75) is 0 Å². The Morgan fingerprint density at radius 2 is 0.960 bits per heavy atom. The van der Waals surface area contributed by atoms with Crippen LogP contribution in [0.1, 0.15) is 11.1 Å². The van der Waals surface area contributed by atoms with Crippen molar-refractivity contribution in [1.82, 2.24) is 9.13 Å². The lowest BCUT2D eigenvalue weighted by Gasteiger charge is -2.10. The summed E-state index contributed by atoms with van der Waals surface area (Å²) < 4.78 is 9.67. The van der Waals surface area contributed by atoms with Crippen molar-refractivity contribution in [3.8, 4) is 23.5 Å². The summed E-state index contributed by atoms with van der Waals surface area (Å²) in [5.74, 6) is 0. The van der Waals surface area contributed by atoms with Crippen molar-refractivity contribution in [2.75, 3.05) is 0 Å². The molecule has 0 amide bonds. The van der Waals surface area contributed by atoms with Gasteiger partial charge in [0.25, 0.3) is 0 Å². The molecule has 0 unspecified atom stereocenters. The molecule has 0 saturated carbocycles. The van der Waals surface area contributed by atoms with Crippen LogP contribution < -0.4 is 0 Å². The molecule has 230 valence electrons. The number of nitrogens with zero attached hydrogens (tertiary/aromatic N) is 4. The zero-order valence-corrected chi connectivity index (χ0v) is 27.9. The fourth-order valence-electron chi connectivity index (χ4n) is 7.99. The fraction of sp³-hybridized carbons (Fsp3) is 0. The topological polar surface area (TPSA) is 57.4 Å². The summed E-state index contributed by atoms with van der Waals surface area (Å²) in [4.78, 5) is 0. The van der Waals surface area contributed by atoms with Gasteiger partial charge in [0.2, 0.25) is 0 Å². The minimum absolute atomic E-state index is 0.661. The molecule has 0 aliphatic carbocycles. The lowest BCUT2D eigenvalue weighted by Crippen LogP contribution is -1.94. The van der Waals surface area contributed by atoms with Gasteiger partial charge in [-0.05, 0) is 91.0 Å². The normalized spacial score (nSPS) is 12.0. The number of thiophene rings is 2. The summed E-state index contributed by atoms with van der Waals surface area (Å²) >= 11 is 3.64. The minimum atomic E-state index is 0.661. The number of hydrogen-bond acceptors (Lipinski definition) is 4. The van der Waals surface area contributed by atoms with Crippen LogP contribution in [0.5, 0.6) is 0 Å². The van der Waals surface area contributed by atoms with E-state index in [1.54, 1.807) is 0 Å². The Morgan fingerprint density at radius 1 is 0.400 bits per heavy atom. The SMILES string of the molecule is N#Cc1ccc2c(c1)c1ccccc1n2-c1ccc2sc3ccc(-n4c5ccc(C#N)cc5c5c6sc7ccccc7c6ccc54)cc3c2c1. The molecule has 0 radical (unpaired) electrons. The zero-order valence-electron chi connectivity index (χ0n) is 26.3. The van der Waals surface area contributed by atoms with Crippen molar-refractivity contribution in [3.05, 3.63) is 145 Å². The van der Waals surface area contributed by atoms with Crippen molar-refractivity contribution >= 4 is 107 Å². The fourth-order valence-corrected chi connectivity index (χ4v) is 10.3. The van der Waals surface area contributed by atoms with Gasteiger partial charge in [-0.1, -0.05) is 42.5 Å². The molecule has 4 nitrogen and oxygen atoms in total. The van der Waals surface area contributed by atoms with Crippen LogP contribution in [0.25, 0.3) is 95.3 Å². The highest BCUT2D eigenvalue weighted by Crippen LogP contribution is 2.45. The molecule has 11 rings (SSSR count). The predicted molar refractivity (Wildman–Crippen MR) is 210 cm³/mol. The molecule has 0 saturated heterocycles. The minimum Gasteiger partial charge on any atom is -0.309 e. The molecular weight excluding hydrogens is 649 g/mol. The number of nitriles is 2. The molecular formula is C44H22N4S2. The molecule has 0 bridgehead atoms. The first-order chi connectivity index (χ1) is 24.7. The molecule has 0 fully saturated rings. The van der Waals surface area contributed by atoms with Crippen LogP contribution in [0.15, 0.2) is 133 Å².